The van der Waals surface area contributed by atoms with Crippen molar-refractivity contribution in [3.05, 3.63) is 95.3 Å². The van der Waals surface area contributed by atoms with Crippen LogP contribution in [-0.2, 0) is 10.0 Å². The van der Waals surface area contributed by atoms with Crippen molar-refractivity contribution in [3.63, 3.8) is 0 Å². The van der Waals surface area contributed by atoms with Crippen molar-refractivity contribution in [2.24, 2.45) is 0 Å². The molecule has 2 aromatic carbocycles. The molecule has 1 amide bonds. The van der Waals surface area contributed by atoms with E-state index < -0.39 is 16.1 Å². The van der Waals surface area contributed by atoms with E-state index in [1.54, 1.807) is 34.6 Å². The van der Waals surface area contributed by atoms with Crippen molar-refractivity contribution in [2.45, 2.75) is 50.1 Å². The molecule has 1 saturated heterocycles. The highest BCUT2D eigenvalue weighted by molar-refractivity contribution is 7.89. The van der Waals surface area contributed by atoms with Crippen LogP contribution in [0.2, 0.25) is 0 Å². The number of aromatic nitrogens is 1. The monoisotopic (exact) mass is 477 g/mol. The van der Waals surface area contributed by atoms with Crippen LogP contribution in [0.3, 0.4) is 0 Å². The zero-order chi connectivity index (χ0) is 24.3. The molecular formula is C27H31N3O3S. The molecule has 3 aromatic rings. The van der Waals surface area contributed by atoms with Gasteiger partial charge in [-0.3, -0.25) is 9.78 Å². The largest absolute Gasteiger partial charge is 0.329 e. The number of sulfonamides is 1. The fourth-order valence-corrected chi connectivity index (χ4v) is 6.36. The quantitative estimate of drug-likeness (QED) is 0.511. The SMILES string of the molecule is Cc1ccc(S(=O)(=O)N2CCCCC2C)cc1C(=O)N(C)C(c1ccccc1)c1ccccn1. The molecule has 178 valence electrons. The van der Waals surface area contributed by atoms with E-state index in [2.05, 4.69) is 4.98 Å². The second-order valence-electron chi connectivity index (χ2n) is 8.92. The lowest BCUT2D eigenvalue weighted by molar-refractivity contribution is 0.0751. The van der Waals surface area contributed by atoms with Crippen LogP contribution in [0.5, 0.6) is 0 Å². The summed E-state index contributed by atoms with van der Waals surface area (Å²) >= 11 is 0. The highest BCUT2D eigenvalue weighted by Crippen LogP contribution is 2.30. The second-order valence-corrected chi connectivity index (χ2v) is 10.8. The van der Waals surface area contributed by atoms with Gasteiger partial charge in [0.05, 0.1) is 16.6 Å². The maximum absolute atomic E-state index is 13.8. The normalized spacial score (nSPS) is 17.8. The van der Waals surface area contributed by atoms with Crippen LogP contribution in [-0.4, -0.2) is 48.1 Å². The first-order chi connectivity index (χ1) is 16.3. The number of piperidine rings is 1. The third-order valence-corrected chi connectivity index (χ3v) is 8.59. The number of hydrogen-bond donors (Lipinski definition) is 0. The van der Waals surface area contributed by atoms with Crippen molar-refractivity contribution < 1.29 is 13.2 Å². The minimum atomic E-state index is -3.68. The first kappa shape index (κ1) is 24.1. The first-order valence-electron chi connectivity index (χ1n) is 11.7. The van der Waals surface area contributed by atoms with Crippen molar-refractivity contribution >= 4 is 15.9 Å². The Labute approximate surface area is 202 Å². The minimum Gasteiger partial charge on any atom is -0.329 e. The number of carbonyl (C=O) groups excluding carboxylic acids is 1. The zero-order valence-electron chi connectivity index (χ0n) is 19.9. The molecule has 2 atom stereocenters. The van der Waals surface area contributed by atoms with Gasteiger partial charge in [0.2, 0.25) is 10.0 Å². The fraction of sp³-hybridized carbons (Fsp3) is 0.333. The molecule has 7 heteroatoms. The van der Waals surface area contributed by atoms with Crippen molar-refractivity contribution in [1.29, 1.82) is 0 Å². The molecule has 0 aliphatic carbocycles. The van der Waals surface area contributed by atoms with E-state index in [1.807, 2.05) is 62.4 Å². The Hall–Kier alpha value is -3.03. The van der Waals surface area contributed by atoms with Crippen LogP contribution in [0.25, 0.3) is 0 Å². The summed E-state index contributed by atoms with van der Waals surface area (Å²) in [7, 11) is -1.95. The molecule has 1 aliphatic rings. The highest BCUT2D eigenvalue weighted by atomic mass is 32.2. The van der Waals surface area contributed by atoms with E-state index >= 15 is 0 Å². The van der Waals surface area contributed by atoms with Gasteiger partial charge in [-0.25, -0.2) is 8.42 Å². The maximum Gasteiger partial charge on any atom is 0.254 e. The van der Waals surface area contributed by atoms with Crippen LogP contribution in [0, 0.1) is 6.92 Å². The lowest BCUT2D eigenvalue weighted by Gasteiger charge is -2.32. The van der Waals surface area contributed by atoms with Gasteiger partial charge in [0, 0.05) is 31.4 Å². The predicted octanol–water partition coefficient (Wildman–Crippen LogP) is 4.81. The Morgan fingerprint density at radius 1 is 1.06 bits per heavy atom. The van der Waals surface area contributed by atoms with E-state index in [0.717, 1.165) is 36.1 Å². The van der Waals surface area contributed by atoms with E-state index in [1.165, 1.54) is 6.07 Å². The molecule has 1 aliphatic heterocycles. The number of pyridine rings is 1. The summed E-state index contributed by atoms with van der Waals surface area (Å²) in [5, 5.41) is 0. The Bertz CT molecular complexity index is 1210. The van der Waals surface area contributed by atoms with Crippen molar-refractivity contribution in [2.75, 3.05) is 13.6 Å². The molecule has 0 N–H and O–H groups in total. The summed E-state index contributed by atoms with van der Waals surface area (Å²) in [6.45, 7) is 4.29. The van der Waals surface area contributed by atoms with Crippen molar-refractivity contribution in [3.8, 4) is 0 Å². The summed E-state index contributed by atoms with van der Waals surface area (Å²) in [6.07, 6.45) is 4.45. The molecule has 2 heterocycles. The number of amides is 1. The zero-order valence-corrected chi connectivity index (χ0v) is 20.7. The summed E-state index contributed by atoms with van der Waals surface area (Å²) < 4.78 is 28.4. The standard InChI is InChI=1S/C27H31N3O3S/c1-20-15-16-23(34(32,33)30-18-10-8-11-21(30)2)19-24(20)27(31)29(3)26(22-12-5-4-6-13-22)25-14-7-9-17-28-25/h4-7,9,12-17,19,21,26H,8,10-11,18H2,1-3H3. The van der Waals surface area contributed by atoms with Crippen LogP contribution in [0.4, 0.5) is 0 Å². The second kappa shape index (κ2) is 10.1. The summed E-state index contributed by atoms with van der Waals surface area (Å²) in [6, 6.07) is 19.8. The smallest absolute Gasteiger partial charge is 0.254 e. The molecule has 1 fully saturated rings. The molecule has 0 saturated carbocycles. The number of hydrogen-bond acceptors (Lipinski definition) is 4. The first-order valence-corrected chi connectivity index (χ1v) is 13.1. The van der Waals surface area contributed by atoms with Gasteiger partial charge in [-0.05, 0) is 62.1 Å². The highest BCUT2D eigenvalue weighted by Gasteiger charge is 2.32. The third kappa shape index (κ3) is 4.76. The van der Waals surface area contributed by atoms with Crippen LogP contribution in [0.1, 0.15) is 59.4 Å². The number of benzene rings is 2. The maximum atomic E-state index is 13.8. The van der Waals surface area contributed by atoms with E-state index in [4.69, 9.17) is 0 Å². The van der Waals surface area contributed by atoms with E-state index in [-0.39, 0.29) is 16.8 Å². The molecule has 4 rings (SSSR count). The summed E-state index contributed by atoms with van der Waals surface area (Å²) in [5.41, 5.74) is 2.79. The predicted molar refractivity (Wildman–Crippen MR) is 133 cm³/mol. The van der Waals surface area contributed by atoms with Crippen LogP contribution >= 0.6 is 0 Å². The van der Waals surface area contributed by atoms with Gasteiger partial charge in [-0.2, -0.15) is 4.31 Å². The number of aryl methyl sites for hydroxylation is 1. The van der Waals surface area contributed by atoms with E-state index in [0.29, 0.717) is 12.1 Å². The molecule has 0 radical (unpaired) electrons. The third-order valence-electron chi connectivity index (χ3n) is 6.58. The van der Waals surface area contributed by atoms with Crippen molar-refractivity contribution in [1.82, 2.24) is 14.2 Å². The lowest BCUT2D eigenvalue weighted by atomic mass is 10.00. The molecule has 0 spiro atoms. The topological polar surface area (TPSA) is 70.6 Å². The lowest BCUT2D eigenvalue weighted by Crippen LogP contribution is -2.42. The fourth-order valence-electron chi connectivity index (χ4n) is 4.63. The van der Waals surface area contributed by atoms with Gasteiger partial charge in [0.1, 0.15) is 0 Å². The molecule has 2 unspecified atom stereocenters. The van der Waals surface area contributed by atoms with Crippen LogP contribution in [0.15, 0.2) is 77.8 Å². The Balaban J connectivity index is 1.72. The number of nitrogens with zero attached hydrogens (tertiary/aromatic N) is 3. The van der Waals surface area contributed by atoms with Gasteiger partial charge in [0.15, 0.2) is 0 Å². The van der Waals surface area contributed by atoms with Gasteiger partial charge in [0.25, 0.3) is 5.91 Å². The van der Waals surface area contributed by atoms with Crippen LogP contribution < -0.4 is 0 Å². The minimum absolute atomic E-state index is 0.0477. The van der Waals surface area contributed by atoms with Gasteiger partial charge in [-0.1, -0.05) is 48.9 Å². The van der Waals surface area contributed by atoms with Gasteiger partial charge in [-0.15, -0.1) is 0 Å². The number of rotatable bonds is 6. The molecular weight excluding hydrogens is 446 g/mol. The molecule has 1 aromatic heterocycles. The number of carbonyl (C=O) groups is 1. The van der Waals surface area contributed by atoms with Gasteiger partial charge < -0.3 is 4.90 Å². The average Bonchev–Trinajstić information content (AvgIpc) is 2.85. The Morgan fingerprint density at radius 2 is 1.79 bits per heavy atom. The molecule has 34 heavy (non-hydrogen) atoms. The average molecular weight is 478 g/mol. The van der Waals surface area contributed by atoms with E-state index in [9.17, 15) is 13.2 Å². The Morgan fingerprint density at radius 3 is 2.47 bits per heavy atom. The Kier molecular flexibility index (Phi) is 7.14. The summed E-state index contributed by atoms with van der Waals surface area (Å²) in [4.78, 5) is 20.1. The molecule has 6 nitrogen and oxygen atoms in total. The molecule has 0 bridgehead atoms. The van der Waals surface area contributed by atoms with Gasteiger partial charge >= 0.3 is 0 Å². The summed E-state index contributed by atoms with van der Waals surface area (Å²) in [5.74, 6) is -0.249.